The van der Waals surface area contributed by atoms with Crippen LogP contribution in [0.3, 0.4) is 0 Å². The zero-order chi connectivity index (χ0) is 14.7. The van der Waals surface area contributed by atoms with Crippen molar-refractivity contribution in [1.29, 1.82) is 0 Å². The van der Waals surface area contributed by atoms with E-state index in [2.05, 4.69) is 27.6 Å². The molecule has 2 heterocycles. The van der Waals surface area contributed by atoms with Crippen molar-refractivity contribution < 1.29 is 9.32 Å². The van der Waals surface area contributed by atoms with E-state index >= 15 is 0 Å². The molecule has 0 fully saturated rings. The summed E-state index contributed by atoms with van der Waals surface area (Å²) in [6.45, 7) is 1.77. The van der Waals surface area contributed by atoms with Crippen molar-refractivity contribution in [1.82, 2.24) is 10.1 Å². The molecule has 3 aromatic rings. The summed E-state index contributed by atoms with van der Waals surface area (Å²) in [7, 11) is 0. The Morgan fingerprint density at radius 3 is 2.86 bits per heavy atom. The Kier molecular flexibility index (Phi) is 3.79. The van der Waals surface area contributed by atoms with E-state index in [4.69, 9.17) is 4.52 Å². The zero-order valence-electron chi connectivity index (χ0n) is 11.4. The third kappa shape index (κ3) is 3.35. The molecule has 5 nitrogen and oxygen atoms in total. The van der Waals surface area contributed by atoms with Crippen LogP contribution in [0.1, 0.15) is 26.7 Å². The number of hydrogen-bond donors (Lipinski definition) is 1. The second-order valence-electron chi connectivity index (χ2n) is 4.58. The van der Waals surface area contributed by atoms with Crippen molar-refractivity contribution in [2.24, 2.45) is 0 Å². The fourth-order valence-electron chi connectivity index (χ4n) is 1.87. The molecule has 21 heavy (non-hydrogen) atoms. The number of anilines is 1. The molecule has 0 saturated heterocycles. The fraction of sp³-hybridized carbons (Fsp3) is 0.133. The lowest BCUT2D eigenvalue weighted by Gasteiger charge is -1.97. The first-order valence-electron chi connectivity index (χ1n) is 6.44. The predicted octanol–water partition coefficient (Wildman–Crippen LogP) is 3.28. The van der Waals surface area contributed by atoms with Crippen molar-refractivity contribution in [3.8, 4) is 0 Å². The number of nitrogens with zero attached hydrogens (tertiary/aromatic N) is 2. The summed E-state index contributed by atoms with van der Waals surface area (Å²) >= 11 is 1.45. The molecule has 3 rings (SSSR count). The minimum atomic E-state index is -0.337. The van der Waals surface area contributed by atoms with Gasteiger partial charge in [0.25, 0.3) is 5.91 Å². The molecule has 0 unspecified atom stereocenters. The third-order valence-corrected chi connectivity index (χ3v) is 3.76. The van der Waals surface area contributed by atoms with Gasteiger partial charge in [0.1, 0.15) is 0 Å². The Bertz CT molecular complexity index is 749. The highest BCUT2D eigenvalue weighted by Gasteiger charge is 2.13. The summed E-state index contributed by atoms with van der Waals surface area (Å²) in [5.41, 5.74) is 1.88. The van der Waals surface area contributed by atoms with Gasteiger partial charge in [-0.25, -0.2) is 4.98 Å². The summed E-state index contributed by atoms with van der Waals surface area (Å²) in [5, 5.41) is 6.96. The van der Waals surface area contributed by atoms with Gasteiger partial charge in [-0.15, -0.1) is 11.3 Å². The minimum absolute atomic E-state index is 0.187. The van der Waals surface area contributed by atoms with Gasteiger partial charge in [-0.05, 0) is 12.5 Å². The first-order chi connectivity index (χ1) is 10.2. The molecule has 2 aromatic heterocycles. The average Bonchev–Trinajstić information content (AvgIpc) is 3.09. The van der Waals surface area contributed by atoms with E-state index in [1.807, 2.05) is 18.2 Å². The highest BCUT2D eigenvalue weighted by Crippen LogP contribution is 2.21. The van der Waals surface area contributed by atoms with Gasteiger partial charge in [0.2, 0.25) is 5.76 Å². The number of nitrogens with one attached hydrogen (secondary N) is 1. The molecule has 6 heteroatoms. The Hall–Kier alpha value is -2.47. The molecular weight excluding hydrogens is 286 g/mol. The smallest absolute Gasteiger partial charge is 0.296 e. The van der Waals surface area contributed by atoms with Crippen LogP contribution in [0.25, 0.3) is 0 Å². The normalized spacial score (nSPS) is 10.5. The van der Waals surface area contributed by atoms with Gasteiger partial charge in [0, 0.05) is 23.6 Å². The largest absolute Gasteiger partial charge is 0.351 e. The maximum Gasteiger partial charge on any atom is 0.296 e. The van der Waals surface area contributed by atoms with Crippen LogP contribution < -0.4 is 5.32 Å². The first-order valence-corrected chi connectivity index (χ1v) is 7.25. The van der Waals surface area contributed by atoms with Crippen LogP contribution in [0, 0.1) is 6.92 Å². The highest BCUT2D eigenvalue weighted by molar-refractivity contribution is 7.15. The lowest BCUT2D eigenvalue weighted by Crippen LogP contribution is -2.10. The van der Waals surface area contributed by atoms with Crippen LogP contribution >= 0.6 is 11.3 Å². The molecule has 106 valence electrons. The van der Waals surface area contributed by atoms with Gasteiger partial charge in [0.15, 0.2) is 5.13 Å². The van der Waals surface area contributed by atoms with Gasteiger partial charge in [-0.2, -0.15) is 0 Å². The summed E-state index contributed by atoms with van der Waals surface area (Å²) in [6, 6.07) is 11.7. The monoisotopic (exact) mass is 299 g/mol. The van der Waals surface area contributed by atoms with Crippen LogP contribution in [0.4, 0.5) is 5.13 Å². The molecule has 1 amide bonds. The molecule has 0 bridgehead atoms. The fourth-order valence-corrected chi connectivity index (χ4v) is 2.72. The maximum absolute atomic E-state index is 11.9. The summed E-state index contributed by atoms with van der Waals surface area (Å²) < 4.78 is 4.92. The van der Waals surface area contributed by atoms with Crippen LogP contribution in [-0.2, 0) is 6.42 Å². The molecule has 0 radical (unpaired) electrons. The predicted molar refractivity (Wildman–Crippen MR) is 80.6 cm³/mol. The van der Waals surface area contributed by atoms with Crippen LogP contribution in [-0.4, -0.2) is 16.0 Å². The standard InChI is InChI=1S/C15H13N3O2S/c1-10-7-13(20-18-10)14(19)17-15-16-9-12(21-15)8-11-5-3-2-4-6-11/h2-7,9H,8H2,1H3,(H,16,17,19). The second-order valence-corrected chi connectivity index (χ2v) is 5.70. The number of thiazole rings is 1. The van der Waals surface area contributed by atoms with Crippen LogP contribution in [0.2, 0.25) is 0 Å². The van der Waals surface area contributed by atoms with Crippen molar-refractivity contribution in [2.75, 3.05) is 5.32 Å². The van der Waals surface area contributed by atoms with Crippen molar-refractivity contribution in [3.63, 3.8) is 0 Å². The molecular formula is C15H13N3O2S. The van der Waals surface area contributed by atoms with E-state index in [1.165, 1.54) is 16.9 Å². The number of aryl methyl sites for hydroxylation is 1. The van der Waals surface area contributed by atoms with Gasteiger partial charge in [0.05, 0.1) is 5.69 Å². The summed E-state index contributed by atoms with van der Waals surface area (Å²) in [4.78, 5) is 17.2. The van der Waals surface area contributed by atoms with E-state index < -0.39 is 0 Å². The molecule has 0 aliphatic carbocycles. The molecule has 1 aromatic carbocycles. The van der Waals surface area contributed by atoms with E-state index in [-0.39, 0.29) is 11.7 Å². The Labute approximate surface area is 125 Å². The van der Waals surface area contributed by atoms with E-state index in [0.29, 0.717) is 10.8 Å². The minimum Gasteiger partial charge on any atom is -0.351 e. The molecule has 0 spiro atoms. The quantitative estimate of drug-likeness (QED) is 0.802. The maximum atomic E-state index is 11.9. The Balaban J connectivity index is 1.66. The molecule has 0 aliphatic rings. The van der Waals surface area contributed by atoms with E-state index in [1.54, 1.807) is 19.2 Å². The van der Waals surface area contributed by atoms with Crippen molar-refractivity contribution >= 4 is 22.4 Å². The van der Waals surface area contributed by atoms with Crippen molar-refractivity contribution in [2.45, 2.75) is 13.3 Å². The topological polar surface area (TPSA) is 68.0 Å². The van der Waals surface area contributed by atoms with E-state index in [0.717, 1.165) is 11.3 Å². The summed E-state index contributed by atoms with van der Waals surface area (Å²) in [5.74, 6) is -0.150. The molecule has 1 N–H and O–H groups in total. The SMILES string of the molecule is Cc1cc(C(=O)Nc2ncc(Cc3ccccc3)s2)on1. The first kappa shape index (κ1) is 13.5. The number of benzene rings is 1. The molecule has 0 atom stereocenters. The van der Waals surface area contributed by atoms with Gasteiger partial charge >= 0.3 is 0 Å². The number of amides is 1. The molecule has 0 aliphatic heterocycles. The van der Waals surface area contributed by atoms with Crippen LogP contribution in [0.15, 0.2) is 47.1 Å². The number of carbonyl (C=O) groups is 1. The second kappa shape index (κ2) is 5.88. The number of carbonyl (C=O) groups excluding carboxylic acids is 1. The summed E-state index contributed by atoms with van der Waals surface area (Å²) in [6.07, 6.45) is 2.58. The lowest BCUT2D eigenvalue weighted by atomic mass is 10.1. The van der Waals surface area contributed by atoms with Crippen molar-refractivity contribution in [3.05, 3.63) is 64.5 Å². The zero-order valence-corrected chi connectivity index (χ0v) is 12.2. The van der Waals surface area contributed by atoms with Gasteiger partial charge in [-0.1, -0.05) is 35.5 Å². The number of rotatable bonds is 4. The Morgan fingerprint density at radius 2 is 2.14 bits per heavy atom. The van der Waals surface area contributed by atoms with Gasteiger partial charge in [-0.3, -0.25) is 10.1 Å². The van der Waals surface area contributed by atoms with Gasteiger partial charge < -0.3 is 4.52 Å². The number of hydrogen-bond acceptors (Lipinski definition) is 5. The van der Waals surface area contributed by atoms with Crippen LogP contribution in [0.5, 0.6) is 0 Å². The number of aromatic nitrogens is 2. The molecule has 0 saturated carbocycles. The lowest BCUT2D eigenvalue weighted by molar-refractivity contribution is 0.0988. The third-order valence-electron chi connectivity index (χ3n) is 2.85. The highest BCUT2D eigenvalue weighted by atomic mass is 32.1. The van der Waals surface area contributed by atoms with E-state index in [9.17, 15) is 4.79 Å². The Morgan fingerprint density at radius 1 is 1.33 bits per heavy atom. The average molecular weight is 299 g/mol.